The lowest BCUT2D eigenvalue weighted by Gasteiger charge is -2.37. The van der Waals surface area contributed by atoms with Gasteiger partial charge in [-0.3, -0.25) is 9.59 Å². The second kappa shape index (κ2) is 7.45. The summed E-state index contributed by atoms with van der Waals surface area (Å²) in [6.45, 7) is 5.92. The molecule has 0 bridgehead atoms. The van der Waals surface area contributed by atoms with Crippen molar-refractivity contribution in [3.05, 3.63) is 12.2 Å². The average Bonchev–Trinajstić information content (AvgIpc) is 2.64. The summed E-state index contributed by atoms with van der Waals surface area (Å²) in [6, 6.07) is 0. The first-order valence-corrected chi connectivity index (χ1v) is 9.01. The van der Waals surface area contributed by atoms with Crippen LogP contribution in [0.15, 0.2) is 22.1 Å². The summed E-state index contributed by atoms with van der Waals surface area (Å²) in [5.41, 5.74) is 0.238. The first-order valence-electron chi connectivity index (χ1n) is 9.01. The van der Waals surface area contributed by atoms with E-state index >= 15 is 0 Å². The van der Waals surface area contributed by atoms with Gasteiger partial charge in [-0.25, -0.2) is 9.38 Å². The number of alkyl halides is 1. The molecule has 0 N–H and O–H groups in total. The molecular weight excluding hydrogens is 323 g/mol. The van der Waals surface area contributed by atoms with Crippen LogP contribution in [-0.2, 0) is 9.59 Å². The van der Waals surface area contributed by atoms with Gasteiger partial charge in [-0.05, 0) is 25.2 Å². The third-order valence-corrected chi connectivity index (χ3v) is 5.00. The van der Waals surface area contributed by atoms with Crippen molar-refractivity contribution in [2.45, 2.75) is 39.3 Å². The molecule has 1 fully saturated rings. The van der Waals surface area contributed by atoms with Crippen LogP contribution in [0.4, 0.5) is 4.39 Å². The predicted octanol–water partition coefficient (Wildman–Crippen LogP) is 1.82. The van der Waals surface area contributed by atoms with E-state index in [1.165, 1.54) is 0 Å². The summed E-state index contributed by atoms with van der Waals surface area (Å²) in [5, 5.41) is 0. The van der Waals surface area contributed by atoms with Crippen molar-refractivity contribution in [2.75, 3.05) is 26.2 Å². The third-order valence-electron chi connectivity index (χ3n) is 5.00. The molecule has 2 aliphatic heterocycles. The Labute approximate surface area is 147 Å². The summed E-state index contributed by atoms with van der Waals surface area (Å²) < 4.78 is 13.9. The van der Waals surface area contributed by atoms with Crippen LogP contribution < -0.4 is 0 Å². The average molecular weight is 348 g/mol. The van der Waals surface area contributed by atoms with Gasteiger partial charge in [0.2, 0.25) is 18.0 Å². The molecule has 7 heteroatoms. The van der Waals surface area contributed by atoms with Crippen molar-refractivity contribution >= 4 is 23.5 Å². The topological polar surface area (TPSA) is 65.3 Å². The molecule has 136 valence electrons. The van der Waals surface area contributed by atoms with Crippen LogP contribution >= 0.6 is 0 Å². The normalized spacial score (nSPS) is 27.4. The van der Waals surface area contributed by atoms with Crippen molar-refractivity contribution < 1.29 is 14.0 Å². The van der Waals surface area contributed by atoms with Crippen molar-refractivity contribution in [2.24, 2.45) is 21.8 Å². The van der Waals surface area contributed by atoms with Crippen LogP contribution in [0.2, 0.25) is 0 Å². The number of aliphatic imine (C=N–C) groups is 2. The molecule has 3 aliphatic rings. The quantitative estimate of drug-likeness (QED) is 0.715. The lowest BCUT2D eigenvalue weighted by molar-refractivity contribution is -0.137. The maximum Gasteiger partial charge on any atom is 0.289 e. The Morgan fingerprint density at radius 1 is 1.20 bits per heavy atom. The minimum Gasteiger partial charge on any atom is -0.339 e. The lowest BCUT2D eigenvalue weighted by atomic mass is 9.93. The van der Waals surface area contributed by atoms with Gasteiger partial charge in [0, 0.05) is 32.1 Å². The SMILES string of the molecule is CC(C)C1=NC(N2CCN(C(=O)C3CC=CCC3)CC2)=NC(=O)C1F. The number of amides is 2. The molecule has 2 heterocycles. The van der Waals surface area contributed by atoms with Gasteiger partial charge in [0.25, 0.3) is 5.91 Å². The summed E-state index contributed by atoms with van der Waals surface area (Å²) in [5.74, 6) is -0.341. The van der Waals surface area contributed by atoms with Crippen LogP contribution in [-0.4, -0.2) is 65.6 Å². The summed E-state index contributed by atoms with van der Waals surface area (Å²) >= 11 is 0. The molecule has 25 heavy (non-hydrogen) atoms. The molecule has 2 amide bonds. The van der Waals surface area contributed by atoms with Crippen LogP contribution in [0.3, 0.4) is 0 Å². The summed E-state index contributed by atoms with van der Waals surface area (Å²) in [6.07, 6.45) is 5.18. The highest BCUT2D eigenvalue weighted by Crippen LogP contribution is 2.22. The molecular formula is C18H25FN4O2. The Kier molecular flexibility index (Phi) is 5.30. The Balaban J connectivity index is 1.62. The highest BCUT2D eigenvalue weighted by molar-refractivity contribution is 6.18. The minimum absolute atomic E-state index is 0.0861. The predicted molar refractivity (Wildman–Crippen MR) is 94.2 cm³/mol. The largest absolute Gasteiger partial charge is 0.339 e. The van der Waals surface area contributed by atoms with Crippen LogP contribution in [0, 0.1) is 11.8 Å². The maximum atomic E-state index is 13.9. The molecule has 0 aromatic carbocycles. The van der Waals surface area contributed by atoms with Crippen LogP contribution in [0.5, 0.6) is 0 Å². The minimum atomic E-state index is -1.73. The van der Waals surface area contributed by atoms with E-state index in [1.807, 2.05) is 23.6 Å². The highest BCUT2D eigenvalue weighted by Gasteiger charge is 2.34. The van der Waals surface area contributed by atoms with E-state index in [1.54, 1.807) is 0 Å². The fraction of sp³-hybridized carbons (Fsp3) is 0.667. The molecule has 0 aromatic rings. The number of allylic oxidation sites excluding steroid dienone is 2. The molecule has 0 spiro atoms. The van der Waals surface area contributed by atoms with Crippen LogP contribution in [0.1, 0.15) is 33.1 Å². The number of guanidine groups is 1. The molecule has 2 unspecified atom stereocenters. The maximum absolute atomic E-state index is 13.9. The highest BCUT2D eigenvalue weighted by atomic mass is 19.1. The fourth-order valence-corrected chi connectivity index (χ4v) is 3.44. The Morgan fingerprint density at radius 2 is 1.92 bits per heavy atom. The van der Waals surface area contributed by atoms with Crippen molar-refractivity contribution in [3.63, 3.8) is 0 Å². The van der Waals surface area contributed by atoms with E-state index in [0.717, 1.165) is 19.3 Å². The standard InChI is InChI=1S/C18H25FN4O2/c1-12(2)15-14(19)16(24)21-18(20-15)23-10-8-22(9-11-23)17(25)13-6-4-3-5-7-13/h3-4,12-14H,5-11H2,1-2H3. The first kappa shape index (κ1) is 17.8. The fourth-order valence-electron chi connectivity index (χ4n) is 3.44. The number of carbonyl (C=O) groups is 2. The first-order chi connectivity index (χ1) is 12.0. The van der Waals surface area contributed by atoms with E-state index in [9.17, 15) is 14.0 Å². The van der Waals surface area contributed by atoms with Crippen molar-refractivity contribution in [3.8, 4) is 0 Å². The van der Waals surface area contributed by atoms with Gasteiger partial charge in [0.15, 0.2) is 0 Å². The molecule has 0 aromatic heterocycles. The molecule has 3 rings (SSSR count). The Morgan fingerprint density at radius 3 is 2.52 bits per heavy atom. The molecule has 0 saturated carbocycles. The van der Waals surface area contributed by atoms with Gasteiger partial charge in [-0.2, -0.15) is 4.99 Å². The zero-order chi connectivity index (χ0) is 18.0. The van der Waals surface area contributed by atoms with E-state index in [2.05, 4.69) is 22.1 Å². The van der Waals surface area contributed by atoms with E-state index < -0.39 is 12.1 Å². The zero-order valence-electron chi connectivity index (χ0n) is 14.8. The monoisotopic (exact) mass is 348 g/mol. The van der Waals surface area contributed by atoms with Gasteiger partial charge < -0.3 is 9.80 Å². The Hall–Kier alpha value is -2.05. The molecule has 0 radical (unpaired) electrons. The molecule has 1 aliphatic carbocycles. The number of rotatable bonds is 2. The summed E-state index contributed by atoms with van der Waals surface area (Å²) in [7, 11) is 0. The number of piperazine rings is 1. The zero-order valence-corrected chi connectivity index (χ0v) is 14.8. The number of carbonyl (C=O) groups excluding carboxylic acids is 2. The third kappa shape index (κ3) is 3.80. The smallest absolute Gasteiger partial charge is 0.289 e. The summed E-state index contributed by atoms with van der Waals surface area (Å²) in [4.78, 5) is 36.2. The van der Waals surface area contributed by atoms with Crippen molar-refractivity contribution in [1.29, 1.82) is 0 Å². The Bertz CT molecular complexity index is 633. The van der Waals surface area contributed by atoms with Gasteiger partial charge >= 0.3 is 0 Å². The number of hydrogen-bond donors (Lipinski definition) is 0. The lowest BCUT2D eigenvalue weighted by Crippen LogP contribution is -2.53. The van der Waals surface area contributed by atoms with Crippen molar-refractivity contribution in [1.82, 2.24) is 9.80 Å². The second-order valence-corrected chi connectivity index (χ2v) is 7.10. The number of nitrogens with zero attached hydrogens (tertiary/aromatic N) is 4. The van der Waals surface area contributed by atoms with Crippen LogP contribution in [0.25, 0.3) is 0 Å². The van der Waals surface area contributed by atoms with Gasteiger partial charge in [-0.1, -0.05) is 26.0 Å². The molecule has 1 saturated heterocycles. The second-order valence-electron chi connectivity index (χ2n) is 7.10. The molecule has 6 nitrogen and oxygen atoms in total. The number of halogens is 1. The van der Waals surface area contributed by atoms with E-state index in [4.69, 9.17) is 0 Å². The van der Waals surface area contributed by atoms with Gasteiger partial charge in [0.05, 0.1) is 5.71 Å². The van der Waals surface area contributed by atoms with E-state index in [-0.39, 0.29) is 29.4 Å². The van der Waals surface area contributed by atoms with Gasteiger partial charge in [-0.15, -0.1) is 0 Å². The van der Waals surface area contributed by atoms with Gasteiger partial charge in [0.1, 0.15) is 0 Å². The molecule has 2 atom stereocenters. The number of hydrogen-bond acceptors (Lipinski definition) is 4. The van der Waals surface area contributed by atoms with E-state index in [0.29, 0.717) is 26.2 Å².